The van der Waals surface area contributed by atoms with E-state index in [0.29, 0.717) is 0 Å². The van der Waals surface area contributed by atoms with Gasteiger partial charge in [0.05, 0.1) is 11.4 Å². The minimum Gasteiger partial charge on any atom is -0.356 e. The van der Waals surface area contributed by atoms with E-state index < -0.39 is 0 Å². The van der Waals surface area contributed by atoms with Gasteiger partial charge in [0.1, 0.15) is 0 Å². The van der Waals surface area contributed by atoms with Crippen LogP contribution < -0.4 is 0 Å². The summed E-state index contributed by atoms with van der Waals surface area (Å²) in [5.74, 6) is 0. The third kappa shape index (κ3) is 2.93. The lowest BCUT2D eigenvalue weighted by Crippen LogP contribution is -2.06. The number of hydrogen-bond acceptors (Lipinski definition) is 4. The molecular formula is C14H18N2OS. The van der Waals surface area contributed by atoms with E-state index in [1.165, 1.54) is 0 Å². The Morgan fingerprint density at radius 3 is 2.72 bits per heavy atom. The summed E-state index contributed by atoms with van der Waals surface area (Å²) in [6.07, 6.45) is 0. The average Bonchev–Trinajstić information content (AvgIpc) is 2.67. The average molecular weight is 262 g/mol. The zero-order valence-corrected chi connectivity index (χ0v) is 12.3. The topological polar surface area (TPSA) is 38.4 Å². The Hall–Kier alpha value is -1.29. The van der Waals surface area contributed by atoms with Crippen LogP contribution in [0, 0.1) is 6.92 Å². The zero-order valence-electron chi connectivity index (χ0n) is 11.4. The smallest absolute Gasteiger partial charge is 0.167 e. The van der Waals surface area contributed by atoms with Gasteiger partial charge in [0.15, 0.2) is 5.58 Å². The highest BCUT2D eigenvalue weighted by atomic mass is 32.2. The molecule has 1 aromatic heterocycles. The van der Waals surface area contributed by atoms with Crippen molar-refractivity contribution in [3.05, 3.63) is 29.5 Å². The highest BCUT2D eigenvalue weighted by Crippen LogP contribution is 2.26. The van der Waals surface area contributed by atoms with Gasteiger partial charge in [0, 0.05) is 10.1 Å². The molecule has 0 saturated heterocycles. The Kier molecular flexibility index (Phi) is 3.48. The van der Waals surface area contributed by atoms with Gasteiger partial charge in [-0.15, -0.1) is 0 Å². The molecule has 0 unspecified atom stereocenters. The number of hydrogen-bond donors (Lipinski definition) is 0. The maximum Gasteiger partial charge on any atom is 0.167 e. The number of rotatable bonds is 2. The molecule has 2 aromatic rings. The standard InChI is InChI=1S/C14H18N2OS/c1-9(16-18-14(3,4)5)11-6-7-13-12(8-11)10(2)15-17-13/h6-8H,1-5H3/b16-9+. The van der Waals surface area contributed by atoms with Crippen molar-refractivity contribution in [2.75, 3.05) is 0 Å². The van der Waals surface area contributed by atoms with E-state index in [0.717, 1.165) is 27.9 Å². The van der Waals surface area contributed by atoms with E-state index in [9.17, 15) is 0 Å². The van der Waals surface area contributed by atoms with Gasteiger partial charge in [0.25, 0.3) is 0 Å². The summed E-state index contributed by atoms with van der Waals surface area (Å²) in [6.45, 7) is 10.4. The van der Waals surface area contributed by atoms with E-state index in [4.69, 9.17) is 4.52 Å². The maximum absolute atomic E-state index is 5.20. The lowest BCUT2D eigenvalue weighted by molar-refractivity contribution is 0.450. The Morgan fingerprint density at radius 2 is 2.06 bits per heavy atom. The lowest BCUT2D eigenvalue weighted by Gasteiger charge is -2.13. The van der Waals surface area contributed by atoms with Crippen molar-refractivity contribution in [2.24, 2.45) is 4.40 Å². The number of fused-ring (bicyclic) bond motifs is 1. The first-order valence-corrected chi connectivity index (χ1v) is 6.73. The van der Waals surface area contributed by atoms with Crippen molar-refractivity contribution < 1.29 is 4.52 Å². The molecule has 0 radical (unpaired) electrons. The summed E-state index contributed by atoms with van der Waals surface area (Å²) >= 11 is 1.60. The van der Waals surface area contributed by atoms with E-state index in [1.54, 1.807) is 11.9 Å². The number of aryl methyl sites for hydroxylation is 1. The van der Waals surface area contributed by atoms with Crippen molar-refractivity contribution in [1.29, 1.82) is 0 Å². The molecule has 1 heterocycles. The fourth-order valence-corrected chi connectivity index (χ4v) is 2.06. The molecule has 0 atom stereocenters. The largest absolute Gasteiger partial charge is 0.356 e. The molecule has 0 aliphatic heterocycles. The molecule has 0 aliphatic rings. The van der Waals surface area contributed by atoms with E-state index in [1.807, 2.05) is 26.0 Å². The molecule has 96 valence electrons. The lowest BCUT2D eigenvalue weighted by atomic mass is 10.1. The minimum absolute atomic E-state index is 0.137. The van der Waals surface area contributed by atoms with Crippen molar-refractivity contribution in [1.82, 2.24) is 5.16 Å². The first-order chi connectivity index (χ1) is 8.37. The van der Waals surface area contributed by atoms with Crippen LogP contribution in [0.2, 0.25) is 0 Å². The van der Waals surface area contributed by atoms with Gasteiger partial charge < -0.3 is 4.52 Å². The van der Waals surface area contributed by atoms with Crippen molar-refractivity contribution in [3.8, 4) is 0 Å². The van der Waals surface area contributed by atoms with E-state index >= 15 is 0 Å². The summed E-state index contributed by atoms with van der Waals surface area (Å²) < 4.78 is 9.91. The van der Waals surface area contributed by atoms with Gasteiger partial charge in [-0.2, -0.15) is 0 Å². The van der Waals surface area contributed by atoms with Gasteiger partial charge >= 0.3 is 0 Å². The maximum atomic E-state index is 5.20. The molecule has 0 fully saturated rings. The molecule has 0 saturated carbocycles. The van der Waals surface area contributed by atoms with Gasteiger partial charge in [-0.1, -0.05) is 5.16 Å². The summed E-state index contributed by atoms with van der Waals surface area (Å²) in [7, 11) is 0. The summed E-state index contributed by atoms with van der Waals surface area (Å²) in [4.78, 5) is 0. The van der Waals surface area contributed by atoms with Gasteiger partial charge in [-0.05, 0) is 70.3 Å². The van der Waals surface area contributed by atoms with Crippen LogP contribution >= 0.6 is 11.9 Å². The zero-order chi connectivity index (χ0) is 13.3. The Labute approximate surface area is 112 Å². The fraction of sp³-hybridized carbons (Fsp3) is 0.429. The Morgan fingerprint density at radius 1 is 1.33 bits per heavy atom. The van der Waals surface area contributed by atoms with E-state index in [-0.39, 0.29) is 4.75 Å². The molecule has 1 aromatic carbocycles. The van der Waals surface area contributed by atoms with Crippen molar-refractivity contribution in [3.63, 3.8) is 0 Å². The normalized spacial score (nSPS) is 13.3. The predicted octanol–water partition coefficient (Wildman–Crippen LogP) is 4.39. The van der Waals surface area contributed by atoms with Crippen LogP contribution in [-0.4, -0.2) is 15.6 Å². The minimum atomic E-state index is 0.137. The van der Waals surface area contributed by atoms with Crippen LogP contribution in [0.25, 0.3) is 11.0 Å². The molecule has 0 bridgehead atoms. The highest BCUT2D eigenvalue weighted by molar-refractivity contribution is 7.99. The van der Waals surface area contributed by atoms with Crippen LogP contribution in [0.3, 0.4) is 0 Å². The molecular weight excluding hydrogens is 244 g/mol. The van der Waals surface area contributed by atoms with Gasteiger partial charge in [0.2, 0.25) is 0 Å². The second kappa shape index (κ2) is 4.76. The molecule has 4 heteroatoms. The van der Waals surface area contributed by atoms with Crippen LogP contribution in [0.4, 0.5) is 0 Å². The molecule has 3 nitrogen and oxygen atoms in total. The second-order valence-electron chi connectivity index (χ2n) is 5.36. The predicted molar refractivity (Wildman–Crippen MR) is 78.3 cm³/mol. The summed E-state index contributed by atoms with van der Waals surface area (Å²) in [6, 6.07) is 6.06. The monoisotopic (exact) mass is 262 g/mol. The van der Waals surface area contributed by atoms with Gasteiger partial charge in [-0.25, -0.2) is 4.40 Å². The quantitative estimate of drug-likeness (QED) is 0.595. The molecule has 0 amide bonds. The number of aromatic nitrogens is 1. The summed E-state index contributed by atoms with van der Waals surface area (Å²) in [5, 5.41) is 5.02. The first kappa shape index (κ1) is 13.1. The third-order valence-corrected chi connectivity index (χ3v) is 3.44. The van der Waals surface area contributed by atoms with Crippen LogP contribution in [0.5, 0.6) is 0 Å². The fourth-order valence-electron chi connectivity index (χ4n) is 1.54. The molecule has 0 N–H and O–H groups in total. The van der Waals surface area contributed by atoms with Crippen LogP contribution in [-0.2, 0) is 0 Å². The Balaban J connectivity index is 2.33. The van der Waals surface area contributed by atoms with Crippen molar-refractivity contribution >= 4 is 28.6 Å². The molecule has 18 heavy (non-hydrogen) atoms. The van der Waals surface area contributed by atoms with Crippen LogP contribution in [0.1, 0.15) is 39.0 Å². The molecule has 0 spiro atoms. The summed E-state index contributed by atoms with van der Waals surface area (Å²) in [5.41, 5.74) is 3.89. The van der Waals surface area contributed by atoms with E-state index in [2.05, 4.69) is 36.4 Å². The second-order valence-corrected chi connectivity index (χ2v) is 6.95. The molecule has 0 aliphatic carbocycles. The third-order valence-electron chi connectivity index (χ3n) is 2.52. The van der Waals surface area contributed by atoms with Crippen LogP contribution in [0.15, 0.2) is 27.1 Å². The van der Waals surface area contributed by atoms with Gasteiger partial charge in [-0.3, -0.25) is 0 Å². The van der Waals surface area contributed by atoms with Crippen molar-refractivity contribution in [2.45, 2.75) is 39.4 Å². The SMILES string of the molecule is C/C(=N\SC(C)(C)C)c1ccc2onc(C)c2c1. The highest BCUT2D eigenvalue weighted by Gasteiger charge is 2.11. The molecule has 2 rings (SSSR count). The number of nitrogens with zero attached hydrogens (tertiary/aromatic N) is 2. The first-order valence-electron chi connectivity index (χ1n) is 5.96. The Bertz CT molecular complexity index is 593. The number of benzene rings is 1.